The summed E-state index contributed by atoms with van der Waals surface area (Å²) in [5, 5.41) is 15.6. The average Bonchev–Trinajstić information content (AvgIpc) is 3.43. The van der Waals surface area contributed by atoms with E-state index < -0.39 is 0 Å². The summed E-state index contributed by atoms with van der Waals surface area (Å²) in [5.74, 6) is 1.97. The van der Waals surface area contributed by atoms with Crippen LogP contribution in [0.5, 0.6) is 5.88 Å². The fourth-order valence-corrected chi connectivity index (χ4v) is 5.51. The molecule has 0 amide bonds. The molecule has 0 spiro atoms. The first-order valence-corrected chi connectivity index (χ1v) is 10.9. The summed E-state index contributed by atoms with van der Waals surface area (Å²) in [6.45, 7) is 6.63. The fourth-order valence-electron chi connectivity index (χ4n) is 4.37. The number of aromatic nitrogens is 3. The Balaban J connectivity index is 1.59. The Bertz CT molecular complexity index is 1110. The molecule has 5 rings (SSSR count). The van der Waals surface area contributed by atoms with Crippen LogP contribution < -0.4 is 4.90 Å². The molecule has 3 atom stereocenters. The third-order valence-electron chi connectivity index (χ3n) is 5.83. The summed E-state index contributed by atoms with van der Waals surface area (Å²) in [6.07, 6.45) is 4.09. The standard InChI is InChI=1S/C22H24N4O2S/c1-14-7-9-16(10-8-14)18(25-11-3-5-15(2)13-25)19-21(27)26-22(29-19)23-20(24-26)17-6-4-12-28-17/h4,6-10,12,15,18,27H,3,5,11,13H2,1-2H3/p+1/t15-,18+/m0/s1. The Morgan fingerprint density at radius 1 is 1.28 bits per heavy atom. The van der Waals surface area contributed by atoms with E-state index in [1.54, 1.807) is 10.8 Å². The summed E-state index contributed by atoms with van der Waals surface area (Å²) < 4.78 is 6.95. The summed E-state index contributed by atoms with van der Waals surface area (Å²) in [6, 6.07) is 12.4. The lowest BCUT2D eigenvalue weighted by Crippen LogP contribution is -3.13. The molecular formula is C22H25N4O2S+. The van der Waals surface area contributed by atoms with Gasteiger partial charge in [-0.15, -0.1) is 5.10 Å². The number of benzene rings is 1. The van der Waals surface area contributed by atoms with Crippen LogP contribution in [0.15, 0.2) is 47.1 Å². The van der Waals surface area contributed by atoms with Gasteiger partial charge in [-0.25, -0.2) is 0 Å². The van der Waals surface area contributed by atoms with Gasteiger partial charge in [0, 0.05) is 11.5 Å². The number of hydrogen-bond acceptors (Lipinski definition) is 5. The van der Waals surface area contributed by atoms with E-state index in [0.717, 1.165) is 18.0 Å². The molecule has 0 bridgehead atoms. The van der Waals surface area contributed by atoms with Crippen LogP contribution in [0.2, 0.25) is 0 Å². The quantitative estimate of drug-likeness (QED) is 0.542. The van der Waals surface area contributed by atoms with Gasteiger partial charge in [0.15, 0.2) is 11.8 Å². The molecule has 1 aliphatic heterocycles. The van der Waals surface area contributed by atoms with Crippen LogP contribution >= 0.6 is 11.3 Å². The maximum atomic E-state index is 11.1. The minimum Gasteiger partial charge on any atom is -0.492 e. The topological polar surface area (TPSA) is 68.0 Å². The van der Waals surface area contributed by atoms with Crippen molar-refractivity contribution in [1.29, 1.82) is 0 Å². The molecule has 7 heteroatoms. The smallest absolute Gasteiger partial charge is 0.235 e. The van der Waals surface area contributed by atoms with Crippen molar-refractivity contribution in [2.24, 2.45) is 5.92 Å². The van der Waals surface area contributed by atoms with Gasteiger partial charge in [-0.1, -0.05) is 48.1 Å². The highest BCUT2D eigenvalue weighted by Crippen LogP contribution is 2.36. The molecule has 1 aliphatic rings. The van der Waals surface area contributed by atoms with Gasteiger partial charge < -0.3 is 14.4 Å². The molecule has 0 aliphatic carbocycles. The number of fused-ring (bicyclic) bond motifs is 1. The van der Waals surface area contributed by atoms with Gasteiger partial charge in [-0.2, -0.15) is 9.50 Å². The van der Waals surface area contributed by atoms with E-state index in [1.165, 1.54) is 40.2 Å². The lowest BCUT2D eigenvalue weighted by molar-refractivity contribution is -0.933. The van der Waals surface area contributed by atoms with Gasteiger partial charge in [-0.05, 0) is 31.9 Å². The van der Waals surface area contributed by atoms with Gasteiger partial charge >= 0.3 is 0 Å². The second kappa shape index (κ2) is 7.31. The van der Waals surface area contributed by atoms with E-state index >= 15 is 0 Å². The summed E-state index contributed by atoms with van der Waals surface area (Å²) in [7, 11) is 0. The van der Waals surface area contributed by atoms with Gasteiger partial charge in [0.1, 0.15) is 4.88 Å². The minimum atomic E-state index is 0.0823. The van der Waals surface area contributed by atoms with Crippen molar-refractivity contribution in [3.8, 4) is 17.5 Å². The van der Waals surface area contributed by atoms with Crippen LogP contribution in [0.3, 0.4) is 0 Å². The minimum absolute atomic E-state index is 0.0823. The van der Waals surface area contributed by atoms with Crippen molar-refractivity contribution in [3.05, 3.63) is 58.7 Å². The lowest BCUT2D eigenvalue weighted by atomic mass is 9.95. The Morgan fingerprint density at radius 2 is 2.10 bits per heavy atom. The third kappa shape index (κ3) is 3.34. The van der Waals surface area contributed by atoms with Crippen molar-refractivity contribution < 1.29 is 14.4 Å². The van der Waals surface area contributed by atoms with E-state index in [0.29, 0.717) is 22.5 Å². The van der Waals surface area contributed by atoms with Crippen molar-refractivity contribution in [2.45, 2.75) is 32.7 Å². The number of aryl methyl sites for hydroxylation is 1. The van der Waals surface area contributed by atoms with E-state index in [4.69, 9.17) is 4.42 Å². The normalized spacial score (nSPS) is 20.9. The highest BCUT2D eigenvalue weighted by molar-refractivity contribution is 7.17. The number of nitrogens with one attached hydrogen (secondary N) is 1. The number of piperidine rings is 1. The summed E-state index contributed by atoms with van der Waals surface area (Å²) in [5.41, 5.74) is 2.47. The SMILES string of the molecule is Cc1ccc([C@H](c2sc3nc(-c4ccco4)nn3c2O)[NH+]2CCC[C@H](C)C2)cc1. The highest BCUT2D eigenvalue weighted by Gasteiger charge is 2.35. The van der Waals surface area contributed by atoms with Gasteiger partial charge in [-0.3, -0.25) is 0 Å². The Kier molecular flexibility index (Phi) is 4.64. The van der Waals surface area contributed by atoms with Crippen molar-refractivity contribution in [1.82, 2.24) is 14.6 Å². The number of furan rings is 1. The molecule has 0 saturated carbocycles. The van der Waals surface area contributed by atoms with Gasteiger partial charge in [0.2, 0.25) is 16.7 Å². The Morgan fingerprint density at radius 3 is 2.79 bits per heavy atom. The van der Waals surface area contributed by atoms with Crippen LogP contribution in [0.1, 0.15) is 41.8 Å². The molecule has 4 aromatic rings. The monoisotopic (exact) mass is 409 g/mol. The zero-order valence-corrected chi connectivity index (χ0v) is 17.4. The zero-order chi connectivity index (χ0) is 20.0. The highest BCUT2D eigenvalue weighted by atomic mass is 32.1. The largest absolute Gasteiger partial charge is 0.492 e. The molecule has 150 valence electrons. The number of rotatable bonds is 4. The molecule has 0 radical (unpaired) electrons. The maximum Gasteiger partial charge on any atom is 0.235 e. The van der Waals surface area contributed by atoms with E-state index in [2.05, 4.69) is 48.2 Å². The molecule has 1 unspecified atom stereocenters. The van der Waals surface area contributed by atoms with Crippen molar-refractivity contribution in [3.63, 3.8) is 0 Å². The first-order chi connectivity index (χ1) is 14.1. The molecule has 2 N–H and O–H groups in total. The third-order valence-corrected chi connectivity index (χ3v) is 6.91. The second-order valence-corrected chi connectivity index (χ2v) is 9.11. The molecular weight excluding hydrogens is 384 g/mol. The van der Waals surface area contributed by atoms with E-state index in [1.807, 2.05) is 12.1 Å². The number of hydrogen-bond donors (Lipinski definition) is 2. The van der Waals surface area contributed by atoms with E-state index in [9.17, 15) is 5.11 Å². The predicted octanol–water partition coefficient (Wildman–Crippen LogP) is 3.47. The molecule has 1 aromatic carbocycles. The number of likely N-dealkylation sites (tertiary alicyclic amines) is 1. The van der Waals surface area contributed by atoms with E-state index in [-0.39, 0.29) is 11.9 Å². The zero-order valence-electron chi connectivity index (χ0n) is 16.6. The van der Waals surface area contributed by atoms with Crippen molar-refractivity contribution >= 4 is 16.3 Å². The van der Waals surface area contributed by atoms with Crippen LogP contribution in [-0.4, -0.2) is 32.8 Å². The number of aromatic hydroxyl groups is 1. The van der Waals surface area contributed by atoms with Crippen LogP contribution in [0.25, 0.3) is 16.5 Å². The fraction of sp³-hybridized carbons (Fsp3) is 0.364. The van der Waals surface area contributed by atoms with Crippen molar-refractivity contribution in [2.75, 3.05) is 13.1 Å². The maximum absolute atomic E-state index is 11.1. The predicted molar refractivity (Wildman–Crippen MR) is 112 cm³/mol. The van der Waals surface area contributed by atoms with Gasteiger partial charge in [0.05, 0.1) is 19.4 Å². The van der Waals surface area contributed by atoms with Crippen LogP contribution in [0.4, 0.5) is 0 Å². The molecule has 3 aromatic heterocycles. The Labute approximate surface area is 173 Å². The number of quaternary nitrogens is 1. The number of nitrogens with zero attached hydrogens (tertiary/aromatic N) is 3. The second-order valence-electron chi connectivity index (χ2n) is 8.10. The van der Waals surface area contributed by atoms with Crippen LogP contribution in [0, 0.1) is 12.8 Å². The van der Waals surface area contributed by atoms with Crippen LogP contribution in [-0.2, 0) is 0 Å². The first-order valence-electron chi connectivity index (χ1n) is 10.1. The molecule has 4 heterocycles. The number of thiazole rings is 1. The average molecular weight is 410 g/mol. The lowest BCUT2D eigenvalue weighted by Gasteiger charge is -2.34. The molecule has 1 fully saturated rings. The summed E-state index contributed by atoms with van der Waals surface area (Å²) in [4.78, 5) is 7.71. The first kappa shape index (κ1) is 18.4. The van der Waals surface area contributed by atoms with Gasteiger partial charge in [0.25, 0.3) is 0 Å². The molecule has 6 nitrogen and oxygen atoms in total. The molecule has 29 heavy (non-hydrogen) atoms. The summed E-state index contributed by atoms with van der Waals surface area (Å²) >= 11 is 1.52. The molecule has 1 saturated heterocycles. The Hall–Kier alpha value is -2.64.